The maximum absolute atomic E-state index is 12.8. The van der Waals surface area contributed by atoms with Gasteiger partial charge in [0.25, 0.3) is 5.91 Å². The molecule has 0 bridgehead atoms. The summed E-state index contributed by atoms with van der Waals surface area (Å²) in [6.45, 7) is 0. The van der Waals surface area contributed by atoms with Gasteiger partial charge in [0.05, 0.1) is 35.3 Å². The van der Waals surface area contributed by atoms with E-state index in [1.807, 2.05) is 0 Å². The summed E-state index contributed by atoms with van der Waals surface area (Å²) in [6, 6.07) is 6.27. The number of rotatable bonds is 4. The summed E-state index contributed by atoms with van der Waals surface area (Å²) in [5.41, 5.74) is -0.737. The molecule has 1 saturated carbocycles. The fraction of sp³-hybridized carbons (Fsp3) is 0.300. The molecule has 1 aliphatic rings. The Bertz CT molecular complexity index is 1170. The van der Waals surface area contributed by atoms with Crippen LogP contribution in [0.25, 0.3) is 10.9 Å². The number of hydrogen-bond acceptors (Lipinski definition) is 5. The molecule has 4 rings (SSSR count). The predicted octanol–water partition coefficient (Wildman–Crippen LogP) is 4.48. The smallest absolute Gasteiger partial charge is 0.433 e. The normalized spacial score (nSPS) is 18.5. The third-order valence-corrected chi connectivity index (χ3v) is 5.47. The quantitative estimate of drug-likeness (QED) is 0.590. The standard InChI is InChI=1S/C20H16ClF3N4O3/c1-31-19(30)10-5-12(6-10)28-9-11-7-16(13(21)8-15(11)27-28)26-18(29)14-3-2-4-17(25-14)20(22,23)24/h2-4,7-10,12H,5-6H2,1H3,(H,26,29)/t10-,12-. The lowest BCUT2D eigenvalue weighted by Gasteiger charge is -2.33. The van der Waals surface area contributed by atoms with Gasteiger partial charge < -0.3 is 10.1 Å². The van der Waals surface area contributed by atoms with Crippen LogP contribution in [0.4, 0.5) is 18.9 Å². The van der Waals surface area contributed by atoms with Gasteiger partial charge >= 0.3 is 12.1 Å². The highest BCUT2D eigenvalue weighted by Crippen LogP contribution is 2.39. The van der Waals surface area contributed by atoms with Crippen LogP contribution in [0.5, 0.6) is 0 Å². The molecule has 7 nitrogen and oxygen atoms in total. The predicted molar refractivity (Wildman–Crippen MR) is 106 cm³/mol. The van der Waals surface area contributed by atoms with E-state index in [1.54, 1.807) is 23.0 Å². The van der Waals surface area contributed by atoms with Crippen LogP contribution in [-0.2, 0) is 15.7 Å². The van der Waals surface area contributed by atoms with Gasteiger partial charge in [-0.05, 0) is 37.1 Å². The van der Waals surface area contributed by atoms with Crippen LogP contribution in [0.3, 0.4) is 0 Å². The molecule has 0 radical (unpaired) electrons. The molecular formula is C20H16ClF3N4O3. The minimum absolute atomic E-state index is 0.0441. The summed E-state index contributed by atoms with van der Waals surface area (Å²) in [4.78, 5) is 27.3. The fourth-order valence-corrected chi connectivity index (χ4v) is 3.62. The van der Waals surface area contributed by atoms with Gasteiger partial charge in [0.2, 0.25) is 0 Å². The van der Waals surface area contributed by atoms with Crippen LogP contribution >= 0.6 is 11.6 Å². The second-order valence-corrected chi connectivity index (χ2v) is 7.61. The Hall–Kier alpha value is -3.14. The molecule has 1 aliphatic carbocycles. The zero-order valence-electron chi connectivity index (χ0n) is 16.1. The van der Waals surface area contributed by atoms with Gasteiger partial charge in [-0.3, -0.25) is 14.3 Å². The molecule has 0 spiro atoms. The van der Waals surface area contributed by atoms with E-state index in [9.17, 15) is 22.8 Å². The van der Waals surface area contributed by atoms with Gasteiger partial charge in [0.15, 0.2) is 0 Å². The average Bonchev–Trinajstić information content (AvgIpc) is 3.08. The van der Waals surface area contributed by atoms with Gasteiger partial charge in [-0.25, -0.2) is 4.98 Å². The number of aromatic nitrogens is 3. The molecule has 0 aliphatic heterocycles. The molecule has 1 amide bonds. The SMILES string of the molecule is COC(=O)[C@H]1C[C@H](n2cc3cc(NC(=O)c4cccc(C(F)(F)F)n4)c(Cl)cc3n2)C1. The van der Waals surface area contributed by atoms with Crippen LogP contribution < -0.4 is 5.32 Å². The summed E-state index contributed by atoms with van der Waals surface area (Å²) in [6.07, 6.45) is -1.67. The number of ether oxygens (including phenoxy) is 1. The van der Waals surface area contributed by atoms with E-state index in [0.717, 1.165) is 12.1 Å². The third-order valence-electron chi connectivity index (χ3n) is 5.15. The first-order valence-electron chi connectivity index (χ1n) is 9.27. The lowest BCUT2D eigenvalue weighted by Crippen LogP contribution is -2.33. The highest BCUT2D eigenvalue weighted by Gasteiger charge is 2.37. The van der Waals surface area contributed by atoms with Crippen molar-refractivity contribution in [3.8, 4) is 0 Å². The molecule has 2 aromatic heterocycles. The van der Waals surface area contributed by atoms with Gasteiger partial charge in [0.1, 0.15) is 11.4 Å². The molecule has 1 fully saturated rings. The van der Waals surface area contributed by atoms with Gasteiger partial charge in [0, 0.05) is 11.6 Å². The second kappa shape index (κ2) is 7.84. The maximum atomic E-state index is 12.8. The van der Waals surface area contributed by atoms with E-state index in [4.69, 9.17) is 16.3 Å². The zero-order chi connectivity index (χ0) is 22.3. The topological polar surface area (TPSA) is 86.1 Å². The van der Waals surface area contributed by atoms with Crippen molar-refractivity contribution < 1.29 is 27.5 Å². The minimum atomic E-state index is -4.66. The first-order valence-corrected chi connectivity index (χ1v) is 9.65. The number of esters is 1. The van der Waals surface area contributed by atoms with Crippen LogP contribution in [0.15, 0.2) is 36.5 Å². The van der Waals surface area contributed by atoms with Crippen molar-refractivity contribution in [1.82, 2.24) is 14.8 Å². The maximum Gasteiger partial charge on any atom is 0.433 e. The Morgan fingerprint density at radius 3 is 2.68 bits per heavy atom. The molecule has 1 aromatic carbocycles. The van der Waals surface area contributed by atoms with Crippen molar-refractivity contribution in [3.05, 3.63) is 52.9 Å². The Labute approximate surface area is 179 Å². The number of benzene rings is 1. The summed E-state index contributed by atoms with van der Waals surface area (Å²) < 4.78 is 45.0. The first-order chi connectivity index (χ1) is 14.7. The summed E-state index contributed by atoms with van der Waals surface area (Å²) in [5.74, 6) is -1.22. The molecule has 1 N–H and O–H groups in total. The van der Waals surface area contributed by atoms with Crippen molar-refractivity contribution in [3.63, 3.8) is 0 Å². The average molecular weight is 453 g/mol. The van der Waals surface area contributed by atoms with E-state index >= 15 is 0 Å². The number of nitrogens with zero attached hydrogens (tertiary/aromatic N) is 3. The summed E-state index contributed by atoms with van der Waals surface area (Å²) in [7, 11) is 1.35. The fourth-order valence-electron chi connectivity index (χ4n) is 3.42. The monoisotopic (exact) mass is 452 g/mol. The Kier molecular flexibility index (Phi) is 5.34. The van der Waals surface area contributed by atoms with Crippen LogP contribution in [0.1, 0.15) is 35.1 Å². The number of fused-ring (bicyclic) bond motifs is 1. The molecule has 31 heavy (non-hydrogen) atoms. The lowest BCUT2D eigenvalue weighted by atomic mass is 9.80. The van der Waals surface area contributed by atoms with E-state index in [0.29, 0.717) is 23.7 Å². The van der Waals surface area contributed by atoms with Gasteiger partial charge in [-0.2, -0.15) is 18.3 Å². The number of methoxy groups -OCH3 is 1. The number of nitrogens with one attached hydrogen (secondary N) is 1. The molecule has 0 atom stereocenters. The third kappa shape index (κ3) is 4.20. The van der Waals surface area contributed by atoms with Crippen LogP contribution in [0.2, 0.25) is 5.02 Å². The first kappa shape index (κ1) is 21.1. The van der Waals surface area contributed by atoms with E-state index < -0.39 is 17.8 Å². The molecule has 3 aromatic rings. The lowest BCUT2D eigenvalue weighted by molar-refractivity contribution is -0.149. The van der Waals surface area contributed by atoms with Crippen LogP contribution in [-0.4, -0.2) is 33.8 Å². The van der Waals surface area contributed by atoms with Crippen molar-refractivity contribution >= 4 is 40.1 Å². The van der Waals surface area contributed by atoms with Crippen molar-refractivity contribution in [1.29, 1.82) is 0 Å². The number of carbonyl (C=O) groups is 2. The Balaban J connectivity index is 1.53. The molecule has 0 unspecified atom stereocenters. The summed E-state index contributed by atoms with van der Waals surface area (Å²) in [5, 5.41) is 7.82. The van der Waals surface area contributed by atoms with Crippen molar-refractivity contribution in [2.45, 2.75) is 25.1 Å². The molecule has 0 saturated heterocycles. The number of carbonyl (C=O) groups excluding carboxylic acids is 2. The second-order valence-electron chi connectivity index (χ2n) is 7.21. The highest BCUT2D eigenvalue weighted by atomic mass is 35.5. The number of halogens is 4. The number of amides is 1. The molecular weight excluding hydrogens is 437 g/mol. The number of anilines is 1. The van der Waals surface area contributed by atoms with E-state index in [2.05, 4.69) is 15.4 Å². The zero-order valence-corrected chi connectivity index (χ0v) is 16.9. The van der Waals surface area contributed by atoms with E-state index in [-0.39, 0.29) is 34.3 Å². The Morgan fingerprint density at radius 1 is 1.26 bits per heavy atom. The molecule has 11 heteroatoms. The largest absolute Gasteiger partial charge is 0.469 e. The number of alkyl halides is 3. The molecule has 2 heterocycles. The molecule has 162 valence electrons. The van der Waals surface area contributed by atoms with Gasteiger partial charge in [-0.15, -0.1) is 0 Å². The van der Waals surface area contributed by atoms with Gasteiger partial charge in [-0.1, -0.05) is 17.7 Å². The van der Waals surface area contributed by atoms with E-state index in [1.165, 1.54) is 13.2 Å². The Morgan fingerprint density at radius 2 is 2.00 bits per heavy atom. The number of pyridine rings is 1. The van der Waals surface area contributed by atoms with Crippen molar-refractivity contribution in [2.24, 2.45) is 5.92 Å². The number of hydrogen-bond donors (Lipinski definition) is 1. The van der Waals surface area contributed by atoms with Crippen LogP contribution in [0, 0.1) is 5.92 Å². The minimum Gasteiger partial charge on any atom is -0.469 e. The summed E-state index contributed by atoms with van der Waals surface area (Å²) >= 11 is 6.23. The highest BCUT2D eigenvalue weighted by molar-refractivity contribution is 6.34. The van der Waals surface area contributed by atoms with Crippen molar-refractivity contribution in [2.75, 3.05) is 12.4 Å².